The summed E-state index contributed by atoms with van der Waals surface area (Å²) in [5.41, 5.74) is 0.479. The van der Waals surface area contributed by atoms with Crippen molar-refractivity contribution in [3.63, 3.8) is 0 Å². The number of likely N-dealkylation sites (tertiary alicyclic amines) is 1. The molecule has 1 saturated heterocycles. The molecule has 86 valence electrons. The van der Waals surface area contributed by atoms with Crippen molar-refractivity contribution in [2.75, 3.05) is 6.54 Å². The standard InChI is InChI=1S/C11H10BrF2NO/c12-8-3-11(16)15(6-8)5-7-1-9(13)4-10(14)2-7/h1-2,4,8H,3,5-6H2. The Morgan fingerprint density at radius 1 is 1.31 bits per heavy atom. The van der Waals surface area contributed by atoms with Crippen LogP contribution in [-0.2, 0) is 11.3 Å². The van der Waals surface area contributed by atoms with E-state index in [1.807, 2.05) is 0 Å². The molecule has 1 aromatic carbocycles. The molecule has 1 fully saturated rings. The SMILES string of the molecule is O=C1CC(Br)CN1Cc1cc(F)cc(F)c1. The molecule has 0 saturated carbocycles. The van der Waals surface area contributed by atoms with Crippen molar-refractivity contribution in [2.24, 2.45) is 0 Å². The smallest absolute Gasteiger partial charge is 0.224 e. The molecule has 0 bridgehead atoms. The maximum atomic E-state index is 12.9. The number of hydrogen-bond donors (Lipinski definition) is 0. The molecule has 1 aliphatic heterocycles. The molecule has 0 N–H and O–H groups in total. The summed E-state index contributed by atoms with van der Waals surface area (Å²) in [6, 6.07) is 3.32. The van der Waals surface area contributed by atoms with E-state index < -0.39 is 11.6 Å². The first-order valence-corrected chi connectivity index (χ1v) is 5.83. The number of amides is 1. The molecule has 0 aromatic heterocycles. The minimum absolute atomic E-state index is 0.00606. The second-order valence-corrected chi connectivity index (χ2v) is 5.15. The third-order valence-corrected chi connectivity index (χ3v) is 3.08. The number of carbonyl (C=O) groups excluding carboxylic acids is 1. The number of benzene rings is 1. The normalized spacial score (nSPS) is 20.6. The summed E-state index contributed by atoms with van der Waals surface area (Å²) in [7, 11) is 0. The van der Waals surface area contributed by atoms with Gasteiger partial charge in [-0.3, -0.25) is 4.79 Å². The molecule has 1 atom stereocenters. The molecule has 16 heavy (non-hydrogen) atoms. The number of hydrogen-bond acceptors (Lipinski definition) is 1. The van der Waals surface area contributed by atoms with Gasteiger partial charge in [0.15, 0.2) is 0 Å². The van der Waals surface area contributed by atoms with Crippen LogP contribution in [0.2, 0.25) is 0 Å². The minimum Gasteiger partial charge on any atom is -0.337 e. The summed E-state index contributed by atoms with van der Waals surface area (Å²) in [6.07, 6.45) is 0.442. The second kappa shape index (κ2) is 4.49. The van der Waals surface area contributed by atoms with Crippen molar-refractivity contribution in [3.05, 3.63) is 35.4 Å². The number of carbonyl (C=O) groups is 1. The Morgan fingerprint density at radius 2 is 1.94 bits per heavy atom. The molecule has 1 aliphatic rings. The van der Waals surface area contributed by atoms with Crippen LogP contribution in [0.4, 0.5) is 8.78 Å². The van der Waals surface area contributed by atoms with Crippen molar-refractivity contribution >= 4 is 21.8 Å². The number of halogens is 3. The molecule has 0 aliphatic carbocycles. The van der Waals surface area contributed by atoms with E-state index in [0.29, 0.717) is 18.5 Å². The van der Waals surface area contributed by atoms with Gasteiger partial charge in [0.2, 0.25) is 5.91 Å². The Hall–Kier alpha value is -0.970. The summed E-state index contributed by atoms with van der Waals surface area (Å²) < 4.78 is 25.8. The summed E-state index contributed by atoms with van der Waals surface area (Å²) in [6.45, 7) is 0.840. The van der Waals surface area contributed by atoms with E-state index in [9.17, 15) is 13.6 Å². The zero-order valence-electron chi connectivity index (χ0n) is 8.42. The Labute approximate surface area is 100 Å². The monoisotopic (exact) mass is 289 g/mol. The quantitative estimate of drug-likeness (QED) is 0.766. The van der Waals surface area contributed by atoms with Gasteiger partial charge < -0.3 is 4.90 Å². The summed E-state index contributed by atoms with van der Waals surface area (Å²) >= 11 is 3.35. The van der Waals surface area contributed by atoms with Crippen LogP contribution in [0.1, 0.15) is 12.0 Å². The van der Waals surface area contributed by atoms with Gasteiger partial charge in [-0.05, 0) is 17.7 Å². The maximum Gasteiger partial charge on any atom is 0.224 e. The van der Waals surface area contributed by atoms with Gasteiger partial charge in [0.05, 0.1) is 0 Å². The molecule has 1 amide bonds. The largest absolute Gasteiger partial charge is 0.337 e. The predicted octanol–water partition coefficient (Wildman–Crippen LogP) is 2.46. The zero-order chi connectivity index (χ0) is 11.7. The lowest BCUT2D eigenvalue weighted by Crippen LogP contribution is -2.24. The second-order valence-electron chi connectivity index (χ2n) is 3.85. The summed E-state index contributed by atoms with van der Waals surface area (Å²) in [5.74, 6) is -1.22. The van der Waals surface area contributed by atoms with E-state index in [0.717, 1.165) is 6.07 Å². The van der Waals surface area contributed by atoms with Crippen LogP contribution in [-0.4, -0.2) is 22.2 Å². The fourth-order valence-electron chi connectivity index (χ4n) is 1.80. The lowest BCUT2D eigenvalue weighted by Gasteiger charge is -2.15. The molecular formula is C11H10BrF2NO. The van der Waals surface area contributed by atoms with E-state index in [2.05, 4.69) is 15.9 Å². The van der Waals surface area contributed by atoms with Gasteiger partial charge in [-0.2, -0.15) is 0 Å². The van der Waals surface area contributed by atoms with E-state index >= 15 is 0 Å². The predicted molar refractivity (Wildman–Crippen MR) is 59.1 cm³/mol. The molecule has 1 aromatic rings. The van der Waals surface area contributed by atoms with Gasteiger partial charge >= 0.3 is 0 Å². The summed E-state index contributed by atoms with van der Waals surface area (Å²) in [5, 5.41) is 0. The Balaban J connectivity index is 2.12. The van der Waals surface area contributed by atoms with E-state index in [1.54, 1.807) is 4.90 Å². The van der Waals surface area contributed by atoms with Crippen LogP contribution < -0.4 is 0 Å². The van der Waals surface area contributed by atoms with Gasteiger partial charge in [0.1, 0.15) is 11.6 Å². The lowest BCUT2D eigenvalue weighted by atomic mass is 10.2. The number of nitrogens with zero attached hydrogens (tertiary/aromatic N) is 1. The first kappa shape index (κ1) is 11.5. The van der Waals surface area contributed by atoms with E-state index in [-0.39, 0.29) is 17.3 Å². The molecule has 2 nitrogen and oxygen atoms in total. The molecule has 0 spiro atoms. The molecule has 1 unspecified atom stereocenters. The Morgan fingerprint density at radius 3 is 2.44 bits per heavy atom. The van der Waals surface area contributed by atoms with Crippen LogP contribution >= 0.6 is 15.9 Å². The fourth-order valence-corrected chi connectivity index (χ4v) is 2.43. The van der Waals surface area contributed by atoms with E-state index in [1.165, 1.54) is 12.1 Å². The number of rotatable bonds is 2. The van der Waals surface area contributed by atoms with Gasteiger partial charge in [-0.25, -0.2) is 8.78 Å². The van der Waals surface area contributed by atoms with Crippen molar-refractivity contribution < 1.29 is 13.6 Å². The lowest BCUT2D eigenvalue weighted by molar-refractivity contribution is -0.128. The van der Waals surface area contributed by atoms with Crippen LogP contribution in [0, 0.1) is 11.6 Å². The van der Waals surface area contributed by atoms with Crippen molar-refractivity contribution in [1.82, 2.24) is 4.90 Å². The van der Waals surface area contributed by atoms with Crippen molar-refractivity contribution in [1.29, 1.82) is 0 Å². The third kappa shape index (κ3) is 2.58. The minimum atomic E-state index is -0.614. The average molecular weight is 290 g/mol. The summed E-state index contributed by atoms with van der Waals surface area (Å²) in [4.78, 5) is 13.2. The average Bonchev–Trinajstić information content (AvgIpc) is 2.43. The number of alkyl halides is 1. The van der Waals surface area contributed by atoms with Crippen LogP contribution in [0.5, 0.6) is 0 Å². The molecule has 2 rings (SSSR count). The van der Waals surface area contributed by atoms with Crippen LogP contribution in [0.3, 0.4) is 0 Å². The Kier molecular flexibility index (Phi) is 3.23. The van der Waals surface area contributed by atoms with Gasteiger partial charge in [0, 0.05) is 30.4 Å². The molecule has 1 heterocycles. The zero-order valence-corrected chi connectivity index (χ0v) is 10.0. The van der Waals surface area contributed by atoms with Gasteiger partial charge in [0.25, 0.3) is 0 Å². The van der Waals surface area contributed by atoms with Gasteiger partial charge in [-0.15, -0.1) is 0 Å². The first-order chi connectivity index (χ1) is 7.54. The van der Waals surface area contributed by atoms with Crippen LogP contribution in [0.15, 0.2) is 18.2 Å². The fraction of sp³-hybridized carbons (Fsp3) is 0.364. The van der Waals surface area contributed by atoms with Crippen molar-refractivity contribution in [3.8, 4) is 0 Å². The van der Waals surface area contributed by atoms with E-state index in [4.69, 9.17) is 0 Å². The highest BCUT2D eigenvalue weighted by atomic mass is 79.9. The molecule has 5 heteroatoms. The highest BCUT2D eigenvalue weighted by molar-refractivity contribution is 9.09. The third-order valence-electron chi connectivity index (χ3n) is 2.46. The topological polar surface area (TPSA) is 20.3 Å². The maximum absolute atomic E-state index is 12.9. The highest BCUT2D eigenvalue weighted by Gasteiger charge is 2.27. The van der Waals surface area contributed by atoms with Crippen LogP contribution in [0.25, 0.3) is 0 Å². The molecular weight excluding hydrogens is 280 g/mol. The van der Waals surface area contributed by atoms with Crippen molar-refractivity contribution in [2.45, 2.75) is 17.8 Å². The highest BCUT2D eigenvalue weighted by Crippen LogP contribution is 2.20. The Bertz CT molecular complexity index is 404. The first-order valence-electron chi connectivity index (χ1n) is 4.91. The molecule has 0 radical (unpaired) electrons. The van der Waals surface area contributed by atoms with Gasteiger partial charge in [-0.1, -0.05) is 15.9 Å².